The molecule has 1 saturated heterocycles. The van der Waals surface area contributed by atoms with E-state index in [0.29, 0.717) is 19.1 Å². The lowest BCUT2D eigenvalue weighted by atomic mass is 10.0. The van der Waals surface area contributed by atoms with Crippen LogP contribution in [0.15, 0.2) is 24.3 Å². The molecule has 1 aromatic rings. The molecule has 0 saturated carbocycles. The molecule has 1 fully saturated rings. The van der Waals surface area contributed by atoms with Crippen LogP contribution in [-0.2, 0) is 4.74 Å². The van der Waals surface area contributed by atoms with E-state index in [1.165, 1.54) is 12.8 Å². The number of aliphatic hydroxyl groups excluding tert-OH is 1. The molecule has 0 amide bonds. The highest BCUT2D eigenvalue weighted by atomic mass is 16.5. The van der Waals surface area contributed by atoms with Crippen molar-refractivity contribution < 1.29 is 14.6 Å². The molecule has 0 bridgehead atoms. The molecule has 1 aromatic carbocycles. The van der Waals surface area contributed by atoms with Crippen molar-refractivity contribution >= 4 is 0 Å². The van der Waals surface area contributed by atoms with Crippen LogP contribution in [0.2, 0.25) is 0 Å². The van der Waals surface area contributed by atoms with Crippen molar-refractivity contribution in [2.45, 2.75) is 18.9 Å². The Bertz CT molecular complexity index is 377. The second-order valence-electron chi connectivity index (χ2n) is 5.04. The highest BCUT2D eigenvalue weighted by Gasteiger charge is 2.14. The maximum absolute atomic E-state index is 10.1. The Morgan fingerprint density at radius 3 is 3.11 bits per heavy atom. The molecular weight excluding hydrogens is 242 g/mol. The van der Waals surface area contributed by atoms with E-state index in [1.54, 1.807) is 7.11 Å². The van der Waals surface area contributed by atoms with Gasteiger partial charge in [0.15, 0.2) is 0 Å². The van der Waals surface area contributed by atoms with Crippen LogP contribution in [-0.4, -0.2) is 38.5 Å². The molecule has 0 spiro atoms. The van der Waals surface area contributed by atoms with Gasteiger partial charge in [0.25, 0.3) is 0 Å². The van der Waals surface area contributed by atoms with E-state index in [2.05, 4.69) is 5.32 Å². The number of ether oxygens (including phenoxy) is 2. The monoisotopic (exact) mass is 265 g/mol. The van der Waals surface area contributed by atoms with Crippen LogP contribution in [0, 0.1) is 5.92 Å². The van der Waals surface area contributed by atoms with Crippen molar-refractivity contribution in [1.82, 2.24) is 5.32 Å². The van der Waals surface area contributed by atoms with E-state index in [4.69, 9.17) is 9.47 Å². The maximum Gasteiger partial charge on any atom is 0.119 e. The molecule has 1 heterocycles. The summed E-state index contributed by atoms with van der Waals surface area (Å²) < 4.78 is 10.8. The normalized spacial score (nSPS) is 21.1. The molecule has 2 atom stereocenters. The van der Waals surface area contributed by atoms with E-state index in [1.807, 2.05) is 24.3 Å². The minimum Gasteiger partial charge on any atom is -0.497 e. The van der Waals surface area contributed by atoms with Gasteiger partial charge in [0, 0.05) is 6.54 Å². The molecular formula is C15H23NO3. The summed E-state index contributed by atoms with van der Waals surface area (Å²) in [4.78, 5) is 0. The van der Waals surface area contributed by atoms with Crippen molar-refractivity contribution in [3.05, 3.63) is 29.8 Å². The molecule has 0 aromatic heterocycles. The molecule has 1 aliphatic rings. The topological polar surface area (TPSA) is 50.7 Å². The zero-order valence-electron chi connectivity index (χ0n) is 11.5. The first-order valence-corrected chi connectivity index (χ1v) is 6.90. The Hall–Kier alpha value is -1.10. The third-order valence-corrected chi connectivity index (χ3v) is 3.51. The molecule has 4 heteroatoms. The molecule has 1 aliphatic heterocycles. The molecule has 2 unspecified atom stereocenters. The van der Waals surface area contributed by atoms with Gasteiger partial charge in [-0.15, -0.1) is 0 Å². The van der Waals surface area contributed by atoms with E-state index >= 15 is 0 Å². The van der Waals surface area contributed by atoms with Crippen molar-refractivity contribution in [3.8, 4) is 5.75 Å². The quantitative estimate of drug-likeness (QED) is 0.822. The molecule has 0 radical (unpaired) electrons. The first-order chi connectivity index (χ1) is 9.29. The number of rotatable bonds is 6. The fourth-order valence-electron chi connectivity index (χ4n) is 2.36. The van der Waals surface area contributed by atoms with Gasteiger partial charge in [0.1, 0.15) is 11.9 Å². The van der Waals surface area contributed by atoms with Gasteiger partial charge < -0.3 is 19.9 Å². The van der Waals surface area contributed by atoms with Gasteiger partial charge >= 0.3 is 0 Å². The summed E-state index contributed by atoms with van der Waals surface area (Å²) >= 11 is 0. The molecule has 4 nitrogen and oxygen atoms in total. The Balaban J connectivity index is 1.75. The zero-order chi connectivity index (χ0) is 13.5. The number of benzene rings is 1. The minimum absolute atomic E-state index is 0.337. The van der Waals surface area contributed by atoms with Crippen LogP contribution in [0.4, 0.5) is 0 Å². The highest BCUT2D eigenvalue weighted by molar-refractivity contribution is 5.29. The smallest absolute Gasteiger partial charge is 0.119 e. The van der Waals surface area contributed by atoms with Gasteiger partial charge in [-0.2, -0.15) is 0 Å². The molecule has 2 N–H and O–H groups in total. The van der Waals surface area contributed by atoms with Crippen LogP contribution >= 0.6 is 0 Å². The number of hydrogen-bond acceptors (Lipinski definition) is 4. The third-order valence-electron chi connectivity index (χ3n) is 3.51. The molecule has 106 valence electrons. The summed E-state index contributed by atoms with van der Waals surface area (Å²) in [5.74, 6) is 1.33. The van der Waals surface area contributed by atoms with Crippen molar-refractivity contribution in [2.24, 2.45) is 5.92 Å². The molecule has 2 rings (SSSR count). The predicted molar refractivity (Wildman–Crippen MR) is 74.4 cm³/mol. The predicted octanol–water partition coefficient (Wildman–Crippen LogP) is 1.74. The number of nitrogens with one attached hydrogen (secondary N) is 1. The lowest BCUT2D eigenvalue weighted by Crippen LogP contribution is -2.32. The summed E-state index contributed by atoms with van der Waals surface area (Å²) in [6, 6.07) is 7.47. The van der Waals surface area contributed by atoms with Crippen LogP contribution in [0.1, 0.15) is 24.5 Å². The van der Waals surface area contributed by atoms with Gasteiger partial charge in [0.05, 0.1) is 20.3 Å². The summed E-state index contributed by atoms with van der Waals surface area (Å²) in [7, 11) is 1.62. The summed E-state index contributed by atoms with van der Waals surface area (Å²) in [5, 5.41) is 13.4. The Labute approximate surface area is 114 Å². The maximum atomic E-state index is 10.1. The largest absolute Gasteiger partial charge is 0.497 e. The van der Waals surface area contributed by atoms with Crippen molar-refractivity contribution in [3.63, 3.8) is 0 Å². The van der Waals surface area contributed by atoms with Crippen LogP contribution in [0.3, 0.4) is 0 Å². The second-order valence-corrected chi connectivity index (χ2v) is 5.04. The summed E-state index contributed by atoms with van der Waals surface area (Å²) in [6.07, 6.45) is 1.83. The highest BCUT2D eigenvalue weighted by Crippen LogP contribution is 2.19. The fourth-order valence-corrected chi connectivity index (χ4v) is 2.36. The van der Waals surface area contributed by atoms with E-state index < -0.39 is 6.10 Å². The number of methoxy groups -OCH3 is 1. The minimum atomic E-state index is -0.591. The average molecular weight is 265 g/mol. The SMILES string of the molecule is COc1cccc(C(O)COCC2CCCNC2)c1. The van der Waals surface area contributed by atoms with Crippen LogP contribution in [0.5, 0.6) is 5.75 Å². The van der Waals surface area contributed by atoms with Crippen LogP contribution < -0.4 is 10.1 Å². The molecule has 19 heavy (non-hydrogen) atoms. The third kappa shape index (κ3) is 4.49. The van der Waals surface area contributed by atoms with Gasteiger partial charge in [-0.3, -0.25) is 0 Å². The average Bonchev–Trinajstić information content (AvgIpc) is 2.48. The van der Waals surface area contributed by atoms with E-state index in [9.17, 15) is 5.11 Å². The fraction of sp³-hybridized carbons (Fsp3) is 0.600. The number of piperidine rings is 1. The van der Waals surface area contributed by atoms with Gasteiger partial charge in [-0.05, 0) is 43.0 Å². The molecule has 0 aliphatic carbocycles. The van der Waals surface area contributed by atoms with E-state index in [-0.39, 0.29) is 0 Å². The first kappa shape index (κ1) is 14.3. The summed E-state index contributed by atoms with van der Waals surface area (Å²) in [5.41, 5.74) is 0.834. The van der Waals surface area contributed by atoms with Gasteiger partial charge in [0.2, 0.25) is 0 Å². The lowest BCUT2D eigenvalue weighted by molar-refractivity contribution is 0.0167. The standard InChI is InChI=1S/C15H23NO3/c1-18-14-6-2-5-13(8-14)15(17)11-19-10-12-4-3-7-16-9-12/h2,5-6,8,12,15-17H,3-4,7,9-11H2,1H3. The van der Waals surface area contributed by atoms with Gasteiger partial charge in [-0.25, -0.2) is 0 Å². The van der Waals surface area contributed by atoms with Crippen molar-refractivity contribution in [2.75, 3.05) is 33.4 Å². The number of hydrogen-bond donors (Lipinski definition) is 2. The van der Waals surface area contributed by atoms with E-state index in [0.717, 1.165) is 24.4 Å². The Kier molecular flexibility index (Phi) is 5.63. The lowest BCUT2D eigenvalue weighted by Gasteiger charge is -2.23. The first-order valence-electron chi connectivity index (χ1n) is 6.90. The Morgan fingerprint density at radius 1 is 1.47 bits per heavy atom. The second kappa shape index (κ2) is 7.48. The zero-order valence-corrected chi connectivity index (χ0v) is 11.5. The van der Waals surface area contributed by atoms with Crippen molar-refractivity contribution in [1.29, 1.82) is 0 Å². The summed E-state index contributed by atoms with van der Waals surface area (Å²) in [6.45, 7) is 3.19. The Morgan fingerprint density at radius 2 is 2.37 bits per heavy atom. The van der Waals surface area contributed by atoms with Crippen LogP contribution in [0.25, 0.3) is 0 Å². The number of aliphatic hydroxyl groups is 1. The van der Waals surface area contributed by atoms with Gasteiger partial charge in [-0.1, -0.05) is 12.1 Å².